The molecular formula is C16H22F2N2. The van der Waals surface area contributed by atoms with Crippen molar-refractivity contribution in [2.75, 3.05) is 18.0 Å². The van der Waals surface area contributed by atoms with E-state index in [1.165, 1.54) is 31.0 Å². The normalized spacial score (nSPS) is 30.6. The molecule has 1 saturated carbocycles. The first-order valence-electron chi connectivity index (χ1n) is 7.51. The van der Waals surface area contributed by atoms with Gasteiger partial charge in [-0.3, -0.25) is 0 Å². The number of benzene rings is 1. The van der Waals surface area contributed by atoms with Gasteiger partial charge in [-0.15, -0.1) is 0 Å². The highest BCUT2D eigenvalue weighted by atomic mass is 19.1. The third kappa shape index (κ3) is 2.30. The molecule has 3 rings (SSSR count). The van der Waals surface area contributed by atoms with Gasteiger partial charge in [-0.2, -0.15) is 0 Å². The average molecular weight is 280 g/mol. The molecule has 2 nitrogen and oxygen atoms in total. The van der Waals surface area contributed by atoms with Crippen LogP contribution < -0.4 is 10.2 Å². The van der Waals surface area contributed by atoms with Crippen molar-refractivity contribution in [3.8, 4) is 0 Å². The van der Waals surface area contributed by atoms with E-state index < -0.39 is 11.6 Å². The summed E-state index contributed by atoms with van der Waals surface area (Å²) < 4.78 is 28.2. The van der Waals surface area contributed by atoms with Crippen LogP contribution in [0.25, 0.3) is 0 Å². The summed E-state index contributed by atoms with van der Waals surface area (Å²) in [6.45, 7) is 5.71. The Balaban J connectivity index is 1.95. The van der Waals surface area contributed by atoms with Gasteiger partial charge in [0, 0.05) is 24.7 Å². The van der Waals surface area contributed by atoms with Crippen LogP contribution in [-0.2, 0) is 0 Å². The van der Waals surface area contributed by atoms with Crippen LogP contribution in [0.5, 0.6) is 0 Å². The summed E-state index contributed by atoms with van der Waals surface area (Å²) in [5.74, 6) is -0.273. The molecule has 2 atom stereocenters. The molecule has 0 aromatic heterocycles. The molecule has 2 aliphatic rings. The lowest BCUT2D eigenvalue weighted by atomic mass is 9.90. The monoisotopic (exact) mass is 280 g/mol. The highest BCUT2D eigenvalue weighted by molar-refractivity contribution is 5.51. The van der Waals surface area contributed by atoms with Crippen LogP contribution in [0.2, 0.25) is 0 Å². The summed E-state index contributed by atoms with van der Waals surface area (Å²) in [6.07, 6.45) is 3.31. The van der Waals surface area contributed by atoms with Gasteiger partial charge in [0.2, 0.25) is 0 Å². The van der Waals surface area contributed by atoms with Crippen molar-refractivity contribution >= 4 is 5.69 Å². The molecule has 1 aliphatic heterocycles. The Morgan fingerprint density at radius 2 is 1.95 bits per heavy atom. The summed E-state index contributed by atoms with van der Waals surface area (Å²) in [5, 5.41) is 3.61. The maximum Gasteiger partial charge on any atom is 0.149 e. The van der Waals surface area contributed by atoms with E-state index in [9.17, 15) is 8.78 Å². The van der Waals surface area contributed by atoms with E-state index in [1.807, 2.05) is 4.90 Å². The highest BCUT2D eigenvalue weighted by Crippen LogP contribution is 2.42. The standard InChI is InChI=1S/C16H22F2N2/c1-3-12-9-19-16(2,11-7-8-11)10-20(12)15-13(17)5-4-6-14(15)18/h4-6,11-12,19H,3,7-10H2,1-2H3. The zero-order valence-corrected chi connectivity index (χ0v) is 12.1. The van der Waals surface area contributed by atoms with Crippen LogP contribution in [0.15, 0.2) is 18.2 Å². The Morgan fingerprint density at radius 1 is 1.30 bits per heavy atom. The Kier molecular flexibility index (Phi) is 3.44. The molecule has 2 fully saturated rings. The molecule has 2 unspecified atom stereocenters. The second-order valence-corrected chi connectivity index (χ2v) is 6.33. The largest absolute Gasteiger partial charge is 0.361 e. The van der Waals surface area contributed by atoms with Gasteiger partial charge in [0.25, 0.3) is 0 Å². The van der Waals surface area contributed by atoms with Crippen molar-refractivity contribution < 1.29 is 8.78 Å². The Hall–Kier alpha value is -1.16. The molecular weight excluding hydrogens is 258 g/mol. The SMILES string of the molecule is CCC1CNC(C)(C2CC2)CN1c1c(F)cccc1F. The van der Waals surface area contributed by atoms with E-state index in [1.54, 1.807) is 0 Å². The molecule has 0 spiro atoms. The van der Waals surface area contributed by atoms with Crippen molar-refractivity contribution in [2.24, 2.45) is 5.92 Å². The summed E-state index contributed by atoms with van der Waals surface area (Å²) in [6, 6.07) is 4.27. The fourth-order valence-corrected chi connectivity index (χ4v) is 3.38. The predicted octanol–water partition coefficient (Wildman–Crippen LogP) is 3.32. The zero-order valence-electron chi connectivity index (χ0n) is 12.1. The Bertz CT molecular complexity index is 481. The van der Waals surface area contributed by atoms with Gasteiger partial charge >= 0.3 is 0 Å². The van der Waals surface area contributed by atoms with Gasteiger partial charge in [-0.05, 0) is 44.2 Å². The highest BCUT2D eigenvalue weighted by Gasteiger charge is 2.46. The van der Waals surface area contributed by atoms with E-state index in [0.717, 1.165) is 13.0 Å². The topological polar surface area (TPSA) is 15.3 Å². The molecule has 0 bridgehead atoms. The molecule has 1 saturated heterocycles. The van der Waals surface area contributed by atoms with Crippen molar-refractivity contribution in [3.05, 3.63) is 29.8 Å². The first-order valence-corrected chi connectivity index (χ1v) is 7.51. The van der Waals surface area contributed by atoms with Crippen LogP contribution in [0.3, 0.4) is 0 Å². The maximum absolute atomic E-state index is 14.1. The number of nitrogens with zero attached hydrogens (tertiary/aromatic N) is 1. The summed E-state index contributed by atoms with van der Waals surface area (Å²) in [7, 11) is 0. The van der Waals surface area contributed by atoms with E-state index >= 15 is 0 Å². The van der Waals surface area contributed by atoms with Gasteiger partial charge in [0.15, 0.2) is 0 Å². The third-order valence-corrected chi connectivity index (χ3v) is 4.86. The molecule has 4 heteroatoms. The predicted molar refractivity (Wildman–Crippen MR) is 76.9 cm³/mol. The second kappa shape index (κ2) is 4.99. The van der Waals surface area contributed by atoms with Crippen molar-refractivity contribution in [1.82, 2.24) is 5.32 Å². The molecule has 110 valence electrons. The minimum Gasteiger partial charge on any atom is -0.361 e. The number of piperazine rings is 1. The molecule has 1 N–H and O–H groups in total. The van der Waals surface area contributed by atoms with E-state index in [2.05, 4.69) is 19.2 Å². The maximum atomic E-state index is 14.1. The molecule has 1 aromatic carbocycles. The molecule has 0 amide bonds. The van der Waals surface area contributed by atoms with Crippen molar-refractivity contribution in [3.63, 3.8) is 0 Å². The van der Waals surface area contributed by atoms with Crippen LogP contribution >= 0.6 is 0 Å². The van der Waals surface area contributed by atoms with Crippen molar-refractivity contribution in [2.45, 2.75) is 44.7 Å². The average Bonchev–Trinajstić information content (AvgIpc) is 3.23. The minimum atomic E-state index is -0.455. The number of hydrogen-bond acceptors (Lipinski definition) is 2. The summed E-state index contributed by atoms with van der Waals surface area (Å²) >= 11 is 0. The molecule has 0 radical (unpaired) electrons. The molecule has 1 heterocycles. The lowest BCUT2D eigenvalue weighted by Gasteiger charge is -2.47. The van der Waals surface area contributed by atoms with Gasteiger partial charge in [0.1, 0.15) is 17.3 Å². The molecule has 1 aliphatic carbocycles. The number of nitrogens with one attached hydrogen (secondary N) is 1. The molecule has 20 heavy (non-hydrogen) atoms. The number of rotatable bonds is 3. The van der Waals surface area contributed by atoms with Crippen LogP contribution in [0.4, 0.5) is 14.5 Å². The number of halogens is 2. The first-order chi connectivity index (χ1) is 9.55. The Labute approximate surface area is 119 Å². The van der Waals surface area contributed by atoms with Crippen LogP contribution in [-0.4, -0.2) is 24.7 Å². The van der Waals surface area contributed by atoms with Crippen molar-refractivity contribution in [1.29, 1.82) is 0 Å². The lowest BCUT2D eigenvalue weighted by molar-refractivity contribution is 0.250. The quantitative estimate of drug-likeness (QED) is 0.913. The van der Waals surface area contributed by atoms with Gasteiger partial charge in [0.05, 0.1) is 0 Å². The second-order valence-electron chi connectivity index (χ2n) is 6.33. The number of para-hydroxylation sites is 1. The lowest BCUT2D eigenvalue weighted by Crippen LogP contribution is -2.64. The summed E-state index contributed by atoms with van der Waals surface area (Å²) in [5.41, 5.74) is 0.119. The van der Waals surface area contributed by atoms with E-state index in [4.69, 9.17) is 0 Å². The summed E-state index contributed by atoms with van der Waals surface area (Å²) in [4.78, 5) is 1.94. The Morgan fingerprint density at radius 3 is 2.50 bits per heavy atom. The zero-order chi connectivity index (χ0) is 14.3. The third-order valence-electron chi connectivity index (χ3n) is 4.86. The van der Waals surface area contributed by atoms with Gasteiger partial charge in [-0.25, -0.2) is 8.78 Å². The number of hydrogen-bond donors (Lipinski definition) is 1. The fourth-order valence-electron chi connectivity index (χ4n) is 3.38. The van der Waals surface area contributed by atoms with E-state index in [-0.39, 0.29) is 17.3 Å². The first kappa shape index (κ1) is 13.8. The van der Waals surface area contributed by atoms with Gasteiger partial charge < -0.3 is 10.2 Å². The van der Waals surface area contributed by atoms with Crippen LogP contribution in [0, 0.1) is 17.6 Å². The van der Waals surface area contributed by atoms with Crippen LogP contribution in [0.1, 0.15) is 33.1 Å². The van der Waals surface area contributed by atoms with E-state index in [0.29, 0.717) is 12.5 Å². The van der Waals surface area contributed by atoms with Gasteiger partial charge in [-0.1, -0.05) is 13.0 Å². The fraction of sp³-hybridized carbons (Fsp3) is 0.625. The minimum absolute atomic E-state index is 0.0274. The smallest absolute Gasteiger partial charge is 0.149 e. The molecule has 1 aromatic rings. The number of anilines is 1.